The van der Waals surface area contributed by atoms with E-state index >= 15 is 0 Å². The van der Waals surface area contributed by atoms with Gasteiger partial charge in [0.15, 0.2) is 5.82 Å². The molecule has 0 unspecified atom stereocenters. The molecular weight excluding hydrogens is 305 g/mol. The van der Waals surface area contributed by atoms with Crippen molar-refractivity contribution in [2.24, 2.45) is 0 Å². The van der Waals surface area contributed by atoms with Gasteiger partial charge in [0.2, 0.25) is 0 Å². The van der Waals surface area contributed by atoms with Crippen LogP contribution in [-0.4, -0.2) is 14.8 Å². The maximum atomic E-state index is 13.1. The molecule has 5 nitrogen and oxygen atoms in total. The Morgan fingerprint density at radius 3 is 2.67 bits per heavy atom. The average Bonchev–Trinajstić information content (AvgIpc) is 2.92. The zero-order valence-electron chi connectivity index (χ0n) is 13.4. The number of aromatic nitrogens is 3. The third kappa shape index (κ3) is 3.25. The highest BCUT2D eigenvalue weighted by Gasteiger charge is 2.06. The minimum absolute atomic E-state index is 0.280. The summed E-state index contributed by atoms with van der Waals surface area (Å²) in [6.07, 6.45) is 1.76. The Labute approximate surface area is 139 Å². The summed E-state index contributed by atoms with van der Waals surface area (Å²) in [6, 6.07) is 11.9. The molecule has 0 aliphatic carbocycles. The highest BCUT2D eigenvalue weighted by atomic mass is 19.1. The molecule has 0 aliphatic heterocycles. The molecule has 0 saturated heterocycles. The van der Waals surface area contributed by atoms with Gasteiger partial charge in [-0.15, -0.1) is 0 Å². The fraction of sp³-hybridized carbons (Fsp3) is 0.167. The van der Waals surface area contributed by atoms with Crippen LogP contribution in [0, 0.1) is 31.0 Å². The number of hydrogen-bond acceptors (Lipinski definition) is 4. The van der Waals surface area contributed by atoms with E-state index in [1.54, 1.807) is 16.9 Å². The Bertz CT molecular complexity index is 906. The largest absolute Gasteiger partial charge is 0.380 e. The summed E-state index contributed by atoms with van der Waals surface area (Å²) in [5.41, 5.74) is 3.80. The van der Waals surface area contributed by atoms with Crippen molar-refractivity contribution in [2.45, 2.75) is 20.4 Å². The van der Waals surface area contributed by atoms with E-state index in [1.807, 2.05) is 38.1 Å². The molecule has 0 aliphatic rings. The molecule has 0 saturated carbocycles. The van der Waals surface area contributed by atoms with E-state index in [2.05, 4.69) is 15.4 Å². The first-order chi connectivity index (χ1) is 11.6. The molecule has 0 amide bonds. The number of benzene rings is 1. The van der Waals surface area contributed by atoms with Gasteiger partial charge in [0, 0.05) is 18.4 Å². The average molecular weight is 321 g/mol. The van der Waals surface area contributed by atoms with E-state index < -0.39 is 5.82 Å². The molecule has 120 valence electrons. The molecule has 24 heavy (non-hydrogen) atoms. The van der Waals surface area contributed by atoms with Crippen LogP contribution in [0.15, 0.2) is 42.6 Å². The van der Waals surface area contributed by atoms with Gasteiger partial charge in [0.25, 0.3) is 0 Å². The van der Waals surface area contributed by atoms with Gasteiger partial charge < -0.3 is 5.32 Å². The number of pyridine rings is 1. The first kappa shape index (κ1) is 15.7. The predicted octanol–water partition coefficient (Wildman–Crippen LogP) is 3.51. The third-order valence-corrected chi connectivity index (χ3v) is 3.62. The topological polar surface area (TPSA) is 66.5 Å². The molecule has 1 N–H and O–H groups in total. The fourth-order valence-electron chi connectivity index (χ4n) is 2.47. The van der Waals surface area contributed by atoms with Crippen LogP contribution < -0.4 is 5.32 Å². The lowest BCUT2D eigenvalue weighted by Gasteiger charge is -2.09. The highest BCUT2D eigenvalue weighted by molar-refractivity contribution is 5.57. The van der Waals surface area contributed by atoms with E-state index in [4.69, 9.17) is 5.26 Å². The van der Waals surface area contributed by atoms with Crippen molar-refractivity contribution in [3.63, 3.8) is 0 Å². The van der Waals surface area contributed by atoms with E-state index in [1.165, 1.54) is 12.1 Å². The number of halogens is 1. The van der Waals surface area contributed by atoms with Crippen LogP contribution in [0.3, 0.4) is 0 Å². The predicted molar refractivity (Wildman–Crippen MR) is 89.3 cm³/mol. The van der Waals surface area contributed by atoms with Crippen molar-refractivity contribution in [3.8, 4) is 11.9 Å². The highest BCUT2D eigenvalue weighted by Crippen LogP contribution is 2.17. The molecule has 0 atom stereocenters. The van der Waals surface area contributed by atoms with Crippen molar-refractivity contribution >= 4 is 5.69 Å². The number of nitrogens with one attached hydrogen (secondary N) is 1. The van der Waals surface area contributed by atoms with Crippen LogP contribution in [0.5, 0.6) is 0 Å². The standard InChI is InChI=1S/C18H16FN5/c1-12-7-13(2)24(23-12)18-6-3-14(11-22-18)10-21-17-5-4-16(19)8-15(17)9-20/h3-8,11,21H,10H2,1-2H3. The lowest BCUT2D eigenvalue weighted by atomic mass is 10.2. The third-order valence-electron chi connectivity index (χ3n) is 3.62. The number of anilines is 1. The molecule has 3 rings (SSSR count). The molecule has 2 heterocycles. The van der Waals surface area contributed by atoms with Crippen molar-refractivity contribution < 1.29 is 4.39 Å². The van der Waals surface area contributed by atoms with Crippen molar-refractivity contribution in [1.82, 2.24) is 14.8 Å². The molecule has 0 radical (unpaired) electrons. The lowest BCUT2D eigenvalue weighted by Crippen LogP contribution is -2.05. The smallest absolute Gasteiger partial charge is 0.153 e. The maximum absolute atomic E-state index is 13.1. The van der Waals surface area contributed by atoms with Crippen LogP contribution in [0.2, 0.25) is 0 Å². The monoisotopic (exact) mass is 321 g/mol. The Balaban J connectivity index is 1.73. The van der Waals surface area contributed by atoms with Crippen LogP contribution in [0.25, 0.3) is 5.82 Å². The van der Waals surface area contributed by atoms with E-state index in [0.717, 1.165) is 22.8 Å². The summed E-state index contributed by atoms with van der Waals surface area (Å²) in [6.45, 7) is 4.41. The van der Waals surface area contributed by atoms with E-state index in [0.29, 0.717) is 12.2 Å². The van der Waals surface area contributed by atoms with Gasteiger partial charge in [0.05, 0.1) is 16.9 Å². The SMILES string of the molecule is Cc1cc(C)n(-c2ccc(CNc3ccc(F)cc3C#N)cn2)n1. The van der Waals surface area contributed by atoms with Gasteiger partial charge in [-0.2, -0.15) is 10.4 Å². The number of nitrogens with zero attached hydrogens (tertiary/aromatic N) is 4. The number of nitriles is 1. The zero-order valence-corrected chi connectivity index (χ0v) is 13.4. The van der Waals surface area contributed by atoms with Crippen molar-refractivity contribution in [2.75, 3.05) is 5.32 Å². The fourth-order valence-corrected chi connectivity index (χ4v) is 2.47. The number of aryl methyl sites for hydroxylation is 2. The van der Waals surface area contributed by atoms with Crippen LogP contribution in [0.1, 0.15) is 22.5 Å². The Morgan fingerprint density at radius 2 is 2.04 bits per heavy atom. The van der Waals surface area contributed by atoms with Crippen LogP contribution in [-0.2, 0) is 6.54 Å². The molecule has 2 aromatic heterocycles. The molecule has 0 bridgehead atoms. The van der Waals surface area contributed by atoms with E-state index in [9.17, 15) is 4.39 Å². The van der Waals surface area contributed by atoms with Gasteiger partial charge in [-0.25, -0.2) is 14.1 Å². The summed E-state index contributed by atoms with van der Waals surface area (Å²) >= 11 is 0. The summed E-state index contributed by atoms with van der Waals surface area (Å²) in [5, 5.41) is 16.6. The number of hydrogen-bond donors (Lipinski definition) is 1. The lowest BCUT2D eigenvalue weighted by molar-refractivity contribution is 0.627. The maximum Gasteiger partial charge on any atom is 0.153 e. The normalized spacial score (nSPS) is 10.4. The molecule has 1 aromatic carbocycles. The van der Waals surface area contributed by atoms with Gasteiger partial charge in [-0.05, 0) is 49.7 Å². The van der Waals surface area contributed by atoms with Gasteiger partial charge in [0.1, 0.15) is 11.9 Å². The summed E-state index contributed by atoms with van der Waals surface area (Å²) in [5.74, 6) is 0.330. The molecule has 6 heteroatoms. The van der Waals surface area contributed by atoms with Gasteiger partial charge >= 0.3 is 0 Å². The molecule has 0 fully saturated rings. The van der Waals surface area contributed by atoms with Gasteiger partial charge in [-0.3, -0.25) is 0 Å². The summed E-state index contributed by atoms with van der Waals surface area (Å²) < 4.78 is 14.9. The minimum atomic E-state index is -0.423. The first-order valence-corrected chi connectivity index (χ1v) is 7.49. The molecule has 0 spiro atoms. The molecular formula is C18H16FN5. The Morgan fingerprint density at radius 1 is 1.21 bits per heavy atom. The second kappa shape index (κ2) is 6.50. The van der Waals surface area contributed by atoms with E-state index in [-0.39, 0.29) is 5.56 Å². The Hall–Kier alpha value is -3.20. The zero-order chi connectivity index (χ0) is 17.1. The Kier molecular flexibility index (Phi) is 4.25. The second-order valence-electron chi connectivity index (χ2n) is 5.52. The molecule has 3 aromatic rings. The second-order valence-corrected chi connectivity index (χ2v) is 5.52. The quantitative estimate of drug-likeness (QED) is 0.798. The van der Waals surface area contributed by atoms with Crippen LogP contribution >= 0.6 is 0 Å². The van der Waals surface area contributed by atoms with Gasteiger partial charge in [-0.1, -0.05) is 6.07 Å². The van der Waals surface area contributed by atoms with Crippen molar-refractivity contribution in [3.05, 3.63) is 70.9 Å². The van der Waals surface area contributed by atoms with Crippen molar-refractivity contribution in [1.29, 1.82) is 5.26 Å². The summed E-state index contributed by atoms with van der Waals surface area (Å²) in [4.78, 5) is 4.43. The summed E-state index contributed by atoms with van der Waals surface area (Å²) in [7, 11) is 0. The number of rotatable bonds is 4. The van der Waals surface area contributed by atoms with Crippen LogP contribution in [0.4, 0.5) is 10.1 Å². The first-order valence-electron chi connectivity index (χ1n) is 7.49. The minimum Gasteiger partial charge on any atom is -0.380 e.